The first-order chi connectivity index (χ1) is 13.0. The number of piperidine rings is 1. The summed E-state index contributed by atoms with van der Waals surface area (Å²) < 4.78 is 10.9. The molecule has 2 aromatic heterocycles. The molecule has 1 aliphatic rings. The van der Waals surface area contributed by atoms with Crippen LogP contribution in [-0.2, 0) is 4.74 Å². The van der Waals surface area contributed by atoms with Crippen molar-refractivity contribution in [2.45, 2.75) is 59.4 Å². The molecule has 0 aromatic carbocycles. The summed E-state index contributed by atoms with van der Waals surface area (Å²) in [6.07, 6.45) is 4.93. The predicted octanol–water partition coefficient (Wildman–Crippen LogP) is 3.69. The molecule has 3 heterocycles. The van der Waals surface area contributed by atoms with Crippen LogP contribution in [0.5, 0.6) is 0 Å². The summed E-state index contributed by atoms with van der Waals surface area (Å²) >= 11 is 0. The normalized spacial score (nSPS) is 18.0. The number of fused-ring (bicyclic) bond motifs is 1. The van der Waals surface area contributed by atoms with Crippen LogP contribution in [0.3, 0.4) is 0 Å². The van der Waals surface area contributed by atoms with E-state index in [1.54, 1.807) is 13.8 Å². The van der Waals surface area contributed by atoms with Gasteiger partial charge in [-0.3, -0.25) is 0 Å². The van der Waals surface area contributed by atoms with Crippen LogP contribution in [-0.4, -0.2) is 53.1 Å². The van der Waals surface area contributed by atoms with E-state index in [0.29, 0.717) is 46.7 Å². The van der Waals surface area contributed by atoms with Gasteiger partial charge in [0.25, 0.3) is 0 Å². The van der Waals surface area contributed by atoms with E-state index < -0.39 is 5.97 Å². The minimum absolute atomic E-state index is 0.314. The molecule has 7 heteroatoms. The van der Waals surface area contributed by atoms with Crippen molar-refractivity contribution in [2.75, 3.05) is 31.6 Å². The first-order valence-corrected chi connectivity index (χ1v) is 9.94. The molecule has 27 heavy (non-hydrogen) atoms. The van der Waals surface area contributed by atoms with Crippen LogP contribution in [0.1, 0.15) is 61.5 Å². The summed E-state index contributed by atoms with van der Waals surface area (Å²) in [7, 11) is 0. The van der Waals surface area contributed by atoms with Gasteiger partial charge in [-0.1, -0.05) is 6.42 Å². The lowest BCUT2D eigenvalue weighted by Crippen LogP contribution is -2.38. The molecule has 1 fully saturated rings. The zero-order valence-corrected chi connectivity index (χ0v) is 16.8. The van der Waals surface area contributed by atoms with Crippen molar-refractivity contribution in [3.63, 3.8) is 0 Å². The quantitative estimate of drug-likeness (QED) is 0.585. The van der Waals surface area contributed by atoms with E-state index in [1.165, 1.54) is 25.8 Å². The monoisotopic (exact) mass is 374 g/mol. The zero-order valence-electron chi connectivity index (χ0n) is 16.8. The maximum Gasteiger partial charge on any atom is 0.342 e. The van der Waals surface area contributed by atoms with E-state index in [9.17, 15) is 4.79 Å². The third-order valence-corrected chi connectivity index (χ3v) is 5.17. The third kappa shape index (κ3) is 4.40. The highest BCUT2D eigenvalue weighted by atomic mass is 16.5. The molecule has 7 nitrogen and oxygen atoms in total. The predicted molar refractivity (Wildman–Crippen MR) is 105 cm³/mol. The minimum Gasteiger partial charge on any atom is -0.462 e. The highest BCUT2D eigenvalue weighted by molar-refractivity contribution is 6.07. The van der Waals surface area contributed by atoms with Gasteiger partial charge in [-0.2, -0.15) is 4.98 Å². The van der Waals surface area contributed by atoms with Crippen LogP contribution in [0.4, 0.5) is 5.82 Å². The average Bonchev–Trinajstić information content (AvgIpc) is 2.96. The maximum atomic E-state index is 12.4. The number of hydrogen-bond acceptors (Lipinski definition) is 7. The van der Waals surface area contributed by atoms with Crippen LogP contribution in [0.25, 0.3) is 11.1 Å². The van der Waals surface area contributed by atoms with Gasteiger partial charge in [0.1, 0.15) is 23.0 Å². The van der Waals surface area contributed by atoms with Crippen molar-refractivity contribution >= 4 is 22.9 Å². The Morgan fingerprint density at radius 1 is 1.33 bits per heavy atom. The largest absolute Gasteiger partial charge is 0.462 e. The highest BCUT2D eigenvalue weighted by Gasteiger charge is 2.24. The van der Waals surface area contributed by atoms with E-state index in [1.807, 2.05) is 6.92 Å². The topological polar surface area (TPSA) is 80.5 Å². The van der Waals surface area contributed by atoms with Gasteiger partial charge < -0.3 is 19.4 Å². The Hall–Kier alpha value is -2.15. The van der Waals surface area contributed by atoms with Gasteiger partial charge in [-0.25, -0.2) is 9.78 Å². The van der Waals surface area contributed by atoms with Gasteiger partial charge in [-0.15, -0.1) is 0 Å². The van der Waals surface area contributed by atoms with Crippen molar-refractivity contribution in [1.82, 2.24) is 14.9 Å². The Labute approximate surface area is 160 Å². The molecule has 1 N–H and O–H groups in total. The van der Waals surface area contributed by atoms with Gasteiger partial charge in [0, 0.05) is 19.1 Å². The number of aryl methyl sites for hydroxylation is 2. The molecular formula is C20H30N4O3. The number of nitrogens with one attached hydrogen (secondary N) is 1. The van der Waals surface area contributed by atoms with Crippen LogP contribution in [0.15, 0.2) is 4.42 Å². The van der Waals surface area contributed by atoms with Crippen molar-refractivity contribution in [3.05, 3.63) is 17.1 Å². The number of furan rings is 1. The highest BCUT2D eigenvalue weighted by Crippen LogP contribution is 2.30. The lowest BCUT2D eigenvalue weighted by atomic mass is 10.0. The number of ether oxygens (including phenoxy) is 1. The lowest BCUT2D eigenvalue weighted by Gasteiger charge is -2.33. The number of nitrogens with zero attached hydrogens (tertiary/aromatic N) is 3. The molecule has 3 rings (SSSR count). The molecule has 0 radical (unpaired) electrons. The molecule has 2 aromatic rings. The van der Waals surface area contributed by atoms with Crippen molar-refractivity contribution in [3.8, 4) is 0 Å². The Kier molecular flexibility index (Phi) is 6.31. The Morgan fingerprint density at radius 3 is 2.89 bits per heavy atom. The number of rotatable bonds is 7. The van der Waals surface area contributed by atoms with Crippen molar-refractivity contribution in [1.29, 1.82) is 0 Å². The molecular weight excluding hydrogens is 344 g/mol. The number of carbonyl (C=O) groups excluding carboxylic acids is 1. The number of esters is 1. The minimum atomic E-state index is -0.397. The van der Waals surface area contributed by atoms with Crippen LogP contribution < -0.4 is 5.32 Å². The summed E-state index contributed by atoms with van der Waals surface area (Å²) in [5.41, 5.74) is 0.842. The number of carbonyl (C=O) groups is 1. The Morgan fingerprint density at radius 2 is 2.15 bits per heavy atom. The fraction of sp³-hybridized carbons (Fsp3) is 0.650. The second-order valence-corrected chi connectivity index (χ2v) is 7.21. The Balaban J connectivity index is 1.74. The van der Waals surface area contributed by atoms with Gasteiger partial charge in [0.15, 0.2) is 0 Å². The van der Waals surface area contributed by atoms with E-state index in [4.69, 9.17) is 9.15 Å². The van der Waals surface area contributed by atoms with Gasteiger partial charge >= 0.3 is 5.97 Å². The molecule has 148 valence electrons. The van der Waals surface area contributed by atoms with E-state index in [0.717, 1.165) is 19.5 Å². The second-order valence-electron chi connectivity index (χ2n) is 7.21. The van der Waals surface area contributed by atoms with Crippen molar-refractivity contribution in [2.24, 2.45) is 0 Å². The first kappa shape index (κ1) is 19.6. The van der Waals surface area contributed by atoms with Crippen LogP contribution >= 0.6 is 0 Å². The third-order valence-electron chi connectivity index (χ3n) is 5.17. The molecule has 0 aliphatic carbocycles. The van der Waals surface area contributed by atoms with Crippen molar-refractivity contribution < 1.29 is 13.9 Å². The molecule has 0 unspecified atom stereocenters. The van der Waals surface area contributed by atoms with Gasteiger partial charge in [0.2, 0.25) is 5.71 Å². The fourth-order valence-electron chi connectivity index (χ4n) is 3.77. The number of hydrogen-bond donors (Lipinski definition) is 1. The molecule has 1 aliphatic heterocycles. The second kappa shape index (κ2) is 8.69. The number of likely N-dealkylation sites (tertiary alicyclic amines) is 1. The summed E-state index contributed by atoms with van der Waals surface area (Å²) in [5.74, 6) is 1.36. The van der Waals surface area contributed by atoms with Gasteiger partial charge in [0.05, 0.1) is 12.0 Å². The van der Waals surface area contributed by atoms with E-state index in [2.05, 4.69) is 27.1 Å². The summed E-state index contributed by atoms with van der Waals surface area (Å²) in [4.78, 5) is 23.8. The smallest absolute Gasteiger partial charge is 0.342 e. The summed E-state index contributed by atoms with van der Waals surface area (Å²) in [6.45, 7) is 11.0. The van der Waals surface area contributed by atoms with Crippen LogP contribution in [0, 0.1) is 13.8 Å². The lowest BCUT2D eigenvalue weighted by molar-refractivity contribution is 0.0526. The van der Waals surface area contributed by atoms with E-state index >= 15 is 0 Å². The fourth-order valence-corrected chi connectivity index (χ4v) is 3.77. The molecule has 1 saturated heterocycles. The van der Waals surface area contributed by atoms with E-state index in [-0.39, 0.29) is 0 Å². The summed E-state index contributed by atoms with van der Waals surface area (Å²) in [6, 6.07) is 0.665. The number of aromatic nitrogens is 2. The standard InChI is InChI=1S/C20H30N4O3/c1-5-26-20(25)16-14(3)27-19-17(16)18(22-15(4)23-19)21-10-8-12-24-11-7-6-9-13(24)2/h13H,5-12H2,1-4H3,(H,21,22,23)/t13-/m0/s1. The molecule has 0 bridgehead atoms. The molecule has 0 saturated carbocycles. The van der Waals surface area contributed by atoms with Gasteiger partial charge in [-0.05, 0) is 53.5 Å². The molecule has 1 atom stereocenters. The molecule has 0 amide bonds. The average molecular weight is 374 g/mol. The van der Waals surface area contributed by atoms with Crippen LogP contribution in [0.2, 0.25) is 0 Å². The zero-order chi connectivity index (χ0) is 19.4. The maximum absolute atomic E-state index is 12.4. The Bertz CT molecular complexity index is 802. The molecule has 0 spiro atoms. The first-order valence-electron chi connectivity index (χ1n) is 9.94. The SMILES string of the molecule is CCOC(=O)c1c(C)oc2nc(C)nc(NCCCN3CCCC[C@@H]3C)c12. The summed E-state index contributed by atoms with van der Waals surface area (Å²) in [5, 5.41) is 4.00. The number of anilines is 1.